The largest absolute Gasteiger partial charge is 0.379 e. The highest BCUT2D eigenvalue weighted by atomic mass is 16.5. The van der Waals surface area contributed by atoms with Crippen LogP contribution in [0.3, 0.4) is 0 Å². The van der Waals surface area contributed by atoms with Gasteiger partial charge in [0.25, 0.3) is 5.95 Å². The number of morpholine rings is 1. The summed E-state index contributed by atoms with van der Waals surface area (Å²) in [5.41, 5.74) is 1.88. The second-order valence-electron chi connectivity index (χ2n) is 8.08. The van der Waals surface area contributed by atoms with E-state index >= 15 is 0 Å². The van der Waals surface area contributed by atoms with Crippen molar-refractivity contribution in [1.29, 1.82) is 0 Å². The quantitative estimate of drug-likeness (QED) is 0.640. The summed E-state index contributed by atoms with van der Waals surface area (Å²) in [7, 11) is 3.74. The number of ether oxygens (including phenoxy) is 1. The standard InChI is InChI=1S/C19H28N10O/c1-27-8-7-15-16(27)17(22-18(21-15)23-19-24-26-28(2)25-19)20-13-3-5-14(6-4-13)29-9-11-30-12-10-29/h7-8,13-14H,3-6,9-12H2,1-2H3,(H2,20,21,22,23,25)/t13-,14-. The van der Waals surface area contributed by atoms with Gasteiger partial charge in [0.1, 0.15) is 5.52 Å². The topological polar surface area (TPSA) is 111 Å². The molecule has 1 saturated heterocycles. The highest BCUT2D eigenvalue weighted by molar-refractivity contribution is 5.88. The van der Waals surface area contributed by atoms with Crippen LogP contribution in [0.15, 0.2) is 12.3 Å². The normalized spacial score (nSPS) is 23.0. The summed E-state index contributed by atoms with van der Waals surface area (Å²) in [6, 6.07) is 3.07. The fourth-order valence-electron chi connectivity index (χ4n) is 4.51. The van der Waals surface area contributed by atoms with E-state index in [1.54, 1.807) is 7.05 Å². The van der Waals surface area contributed by atoms with Crippen molar-refractivity contribution < 1.29 is 4.74 Å². The summed E-state index contributed by atoms with van der Waals surface area (Å²) in [4.78, 5) is 13.3. The summed E-state index contributed by atoms with van der Waals surface area (Å²) in [6.07, 6.45) is 6.67. The van der Waals surface area contributed by atoms with Gasteiger partial charge in [-0.05, 0) is 37.0 Å². The number of fused-ring (bicyclic) bond motifs is 1. The molecule has 3 aromatic rings. The molecule has 0 aromatic carbocycles. The van der Waals surface area contributed by atoms with Crippen LogP contribution >= 0.6 is 0 Å². The Labute approximate surface area is 174 Å². The maximum Gasteiger partial charge on any atom is 0.270 e. The Morgan fingerprint density at radius 1 is 1.03 bits per heavy atom. The maximum absolute atomic E-state index is 5.50. The van der Waals surface area contributed by atoms with Gasteiger partial charge in [0.05, 0.1) is 25.8 Å². The molecule has 11 nitrogen and oxygen atoms in total. The first kappa shape index (κ1) is 19.2. The van der Waals surface area contributed by atoms with Gasteiger partial charge in [-0.15, -0.1) is 5.10 Å². The Morgan fingerprint density at radius 3 is 2.57 bits per heavy atom. The molecule has 2 aliphatic rings. The Morgan fingerprint density at radius 2 is 1.83 bits per heavy atom. The monoisotopic (exact) mass is 412 g/mol. The molecule has 3 aromatic heterocycles. The lowest BCUT2D eigenvalue weighted by Crippen LogP contribution is -2.46. The van der Waals surface area contributed by atoms with Crippen molar-refractivity contribution in [3.05, 3.63) is 12.3 Å². The van der Waals surface area contributed by atoms with Crippen LogP contribution in [0.5, 0.6) is 0 Å². The van der Waals surface area contributed by atoms with Gasteiger partial charge in [-0.2, -0.15) is 9.78 Å². The van der Waals surface area contributed by atoms with E-state index in [9.17, 15) is 0 Å². The van der Waals surface area contributed by atoms with E-state index in [1.807, 2.05) is 19.3 Å². The van der Waals surface area contributed by atoms with Gasteiger partial charge in [-0.3, -0.25) is 10.2 Å². The van der Waals surface area contributed by atoms with Gasteiger partial charge in [0.2, 0.25) is 5.95 Å². The van der Waals surface area contributed by atoms with Crippen LogP contribution in [0.1, 0.15) is 25.7 Å². The first-order valence-electron chi connectivity index (χ1n) is 10.6. The van der Waals surface area contributed by atoms with Crippen molar-refractivity contribution in [1.82, 2.24) is 39.6 Å². The van der Waals surface area contributed by atoms with Gasteiger partial charge in [0.15, 0.2) is 5.82 Å². The Kier molecular flexibility index (Phi) is 5.21. The predicted molar refractivity (Wildman–Crippen MR) is 113 cm³/mol. The molecule has 0 unspecified atom stereocenters. The molecule has 0 radical (unpaired) electrons. The van der Waals surface area contributed by atoms with Crippen LogP contribution in [0.4, 0.5) is 17.7 Å². The highest BCUT2D eigenvalue weighted by Crippen LogP contribution is 2.29. The average molecular weight is 413 g/mol. The second kappa shape index (κ2) is 8.15. The number of rotatable bonds is 5. The molecule has 0 spiro atoms. The van der Waals surface area contributed by atoms with Gasteiger partial charge in [0, 0.05) is 38.4 Å². The summed E-state index contributed by atoms with van der Waals surface area (Å²) < 4.78 is 7.56. The molecular formula is C19H28N10O. The summed E-state index contributed by atoms with van der Waals surface area (Å²) in [5.74, 6) is 1.68. The fraction of sp³-hybridized carbons (Fsp3) is 0.632. The van der Waals surface area contributed by atoms with E-state index in [1.165, 1.54) is 17.6 Å². The van der Waals surface area contributed by atoms with Gasteiger partial charge < -0.3 is 14.6 Å². The molecule has 1 aliphatic heterocycles. The number of hydrogen-bond acceptors (Lipinski definition) is 9. The third-order valence-corrected chi connectivity index (χ3v) is 6.05. The molecule has 0 bridgehead atoms. The van der Waals surface area contributed by atoms with Crippen LogP contribution in [0, 0.1) is 0 Å². The number of tetrazole rings is 1. The zero-order valence-corrected chi connectivity index (χ0v) is 17.5. The van der Waals surface area contributed by atoms with E-state index in [0.717, 1.165) is 56.0 Å². The van der Waals surface area contributed by atoms with E-state index < -0.39 is 0 Å². The van der Waals surface area contributed by atoms with Crippen molar-refractivity contribution in [2.75, 3.05) is 36.9 Å². The first-order chi connectivity index (χ1) is 14.7. The van der Waals surface area contributed by atoms with Gasteiger partial charge in [-0.25, -0.2) is 4.98 Å². The van der Waals surface area contributed by atoms with Crippen molar-refractivity contribution in [3.8, 4) is 0 Å². The van der Waals surface area contributed by atoms with E-state index in [0.29, 0.717) is 24.0 Å². The Balaban J connectivity index is 1.31. The van der Waals surface area contributed by atoms with Crippen molar-refractivity contribution in [3.63, 3.8) is 0 Å². The second-order valence-corrected chi connectivity index (χ2v) is 8.08. The number of hydrogen-bond donors (Lipinski definition) is 2. The van der Waals surface area contributed by atoms with Crippen LogP contribution in [0.25, 0.3) is 11.0 Å². The van der Waals surface area contributed by atoms with Crippen LogP contribution < -0.4 is 10.6 Å². The molecule has 2 fully saturated rings. The van der Waals surface area contributed by atoms with Crippen molar-refractivity contribution in [2.45, 2.75) is 37.8 Å². The number of nitrogens with one attached hydrogen (secondary N) is 2. The summed E-state index contributed by atoms with van der Waals surface area (Å²) in [6.45, 7) is 3.84. The molecule has 11 heteroatoms. The number of nitrogens with zero attached hydrogens (tertiary/aromatic N) is 8. The van der Waals surface area contributed by atoms with E-state index in [4.69, 9.17) is 9.72 Å². The Hall–Kier alpha value is -2.79. The third-order valence-electron chi connectivity index (χ3n) is 6.05. The minimum atomic E-state index is 0.379. The van der Waals surface area contributed by atoms with Crippen LogP contribution in [0.2, 0.25) is 0 Å². The lowest BCUT2D eigenvalue weighted by molar-refractivity contribution is 0.00791. The summed E-state index contributed by atoms with van der Waals surface area (Å²) >= 11 is 0. The van der Waals surface area contributed by atoms with Crippen molar-refractivity contribution in [2.24, 2.45) is 14.1 Å². The Bertz CT molecular complexity index is 1000. The molecule has 1 saturated carbocycles. The molecule has 4 heterocycles. The minimum Gasteiger partial charge on any atom is -0.379 e. The van der Waals surface area contributed by atoms with Crippen LogP contribution in [-0.4, -0.2) is 78.0 Å². The van der Waals surface area contributed by atoms with Crippen molar-refractivity contribution >= 4 is 28.7 Å². The lowest BCUT2D eigenvalue weighted by atomic mass is 9.90. The average Bonchev–Trinajstić information content (AvgIpc) is 3.34. The summed E-state index contributed by atoms with van der Waals surface area (Å²) in [5, 5.41) is 18.7. The van der Waals surface area contributed by atoms with Gasteiger partial charge >= 0.3 is 0 Å². The van der Waals surface area contributed by atoms with E-state index in [-0.39, 0.29) is 0 Å². The number of aryl methyl sites for hydroxylation is 2. The molecule has 2 N–H and O–H groups in total. The predicted octanol–water partition coefficient (Wildman–Crippen LogP) is 1.29. The lowest BCUT2D eigenvalue weighted by Gasteiger charge is -2.39. The minimum absolute atomic E-state index is 0.379. The zero-order chi connectivity index (χ0) is 20.5. The maximum atomic E-state index is 5.50. The molecule has 0 amide bonds. The van der Waals surface area contributed by atoms with Gasteiger partial charge in [-0.1, -0.05) is 5.10 Å². The zero-order valence-electron chi connectivity index (χ0n) is 17.5. The molecule has 160 valence electrons. The molecule has 30 heavy (non-hydrogen) atoms. The third kappa shape index (κ3) is 3.94. The van der Waals surface area contributed by atoms with Crippen LogP contribution in [-0.2, 0) is 18.8 Å². The number of anilines is 3. The fourth-order valence-corrected chi connectivity index (χ4v) is 4.51. The van der Waals surface area contributed by atoms with E-state index in [2.05, 4.69) is 40.5 Å². The number of aromatic nitrogens is 7. The first-order valence-corrected chi connectivity index (χ1v) is 10.6. The SMILES string of the molecule is Cn1nnc(Nc2nc(N[C@H]3CC[C@H](N4CCOCC4)CC3)c3c(ccn3C)n2)n1. The molecule has 5 rings (SSSR count). The molecule has 1 aliphatic carbocycles. The molecular weight excluding hydrogens is 384 g/mol. The molecule has 0 atom stereocenters. The smallest absolute Gasteiger partial charge is 0.270 e. The highest BCUT2D eigenvalue weighted by Gasteiger charge is 2.27.